The highest BCUT2D eigenvalue weighted by atomic mass is 16.3. The third kappa shape index (κ3) is 6.24. The summed E-state index contributed by atoms with van der Waals surface area (Å²) in [5, 5.41) is 13.4. The van der Waals surface area contributed by atoms with Crippen molar-refractivity contribution in [2.75, 3.05) is 26.2 Å². The number of aromatic amines is 1. The smallest absolute Gasteiger partial charge is 0.237 e. The van der Waals surface area contributed by atoms with Crippen molar-refractivity contribution in [3.05, 3.63) is 52.8 Å². The van der Waals surface area contributed by atoms with E-state index in [1.54, 1.807) is 0 Å². The number of hydrogen-bond donors (Lipinski definition) is 3. The number of hydrogen-bond acceptors (Lipinski definition) is 4. The number of aliphatic hydroxyl groups excluding tert-OH is 1. The molecule has 1 aliphatic rings. The van der Waals surface area contributed by atoms with Gasteiger partial charge in [-0.1, -0.05) is 39.7 Å². The van der Waals surface area contributed by atoms with Crippen LogP contribution >= 0.6 is 0 Å². The van der Waals surface area contributed by atoms with E-state index in [9.17, 15) is 4.79 Å². The predicted octanol–water partition coefficient (Wildman–Crippen LogP) is 5.82. The summed E-state index contributed by atoms with van der Waals surface area (Å²) in [7, 11) is 0. The minimum atomic E-state index is -0.0954. The van der Waals surface area contributed by atoms with Gasteiger partial charge < -0.3 is 15.4 Å². The number of piperidine rings is 1. The van der Waals surface area contributed by atoms with E-state index in [-0.39, 0.29) is 18.6 Å². The number of nitrogens with one attached hydrogen (secondary N) is 2. The van der Waals surface area contributed by atoms with E-state index in [1.807, 2.05) is 0 Å². The van der Waals surface area contributed by atoms with Crippen molar-refractivity contribution in [2.24, 2.45) is 0 Å². The first-order valence-electron chi connectivity index (χ1n) is 14.1. The van der Waals surface area contributed by atoms with Crippen LogP contribution in [-0.4, -0.2) is 58.2 Å². The van der Waals surface area contributed by atoms with Gasteiger partial charge in [0, 0.05) is 34.4 Å². The zero-order valence-electron chi connectivity index (χ0n) is 23.2. The lowest BCUT2D eigenvalue weighted by Crippen LogP contribution is -2.50. The average Bonchev–Trinajstić information content (AvgIpc) is 3.27. The van der Waals surface area contributed by atoms with E-state index >= 15 is 0 Å². The topological polar surface area (TPSA) is 81.2 Å². The number of nitrogens with zero attached hydrogens (tertiary/aromatic N) is 2. The number of unbranched alkanes of at least 4 members (excludes halogenated alkanes) is 1. The van der Waals surface area contributed by atoms with Gasteiger partial charge in [-0.25, -0.2) is 0 Å². The Hall–Kier alpha value is -2.70. The zero-order chi connectivity index (χ0) is 26.5. The fraction of sp³-hybridized carbons (Fsp3) is 0.548. The van der Waals surface area contributed by atoms with Crippen molar-refractivity contribution in [3.8, 4) is 11.3 Å². The van der Waals surface area contributed by atoms with Crippen LogP contribution in [0.3, 0.4) is 0 Å². The maximum Gasteiger partial charge on any atom is 0.237 e. The van der Waals surface area contributed by atoms with Gasteiger partial charge in [0.15, 0.2) is 0 Å². The van der Waals surface area contributed by atoms with Gasteiger partial charge in [-0.3, -0.25) is 14.7 Å². The molecule has 1 atom stereocenters. The van der Waals surface area contributed by atoms with Crippen LogP contribution < -0.4 is 5.32 Å². The Morgan fingerprint density at radius 3 is 2.49 bits per heavy atom. The molecule has 1 aliphatic heterocycles. The Morgan fingerprint density at radius 2 is 1.86 bits per heavy atom. The number of aryl methyl sites for hydroxylation is 2. The second-order valence-electron chi connectivity index (χ2n) is 11.0. The average molecular weight is 505 g/mol. The number of H-pyrrole nitrogens is 1. The van der Waals surface area contributed by atoms with Crippen LogP contribution in [0.15, 0.2) is 30.3 Å². The summed E-state index contributed by atoms with van der Waals surface area (Å²) in [4.78, 5) is 23.4. The zero-order valence-corrected chi connectivity index (χ0v) is 23.2. The predicted molar refractivity (Wildman–Crippen MR) is 152 cm³/mol. The molecule has 2 aromatic heterocycles. The van der Waals surface area contributed by atoms with Crippen molar-refractivity contribution < 1.29 is 9.90 Å². The number of aromatic nitrogens is 2. The molecule has 1 fully saturated rings. The van der Waals surface area contributed by atoms with E-state index in [0.29, 0.717) is 18.4 Å². The number of carbonyl (C=O) groups excluding carboxylic acids is 1. The Labute approximate surface area is 221 Å². The maximum atomic E-state index is 12.8. The van der Waals surface area contributed by atoms with Crippen molar-refractivity contribution >= 4 is 16.8 Å². The number of likely N-dealkylation sites (tertiary alicyclic amines) is 1. The highest BCUT2D eigenvalue weighted by Gasteiger charge is 2.30. The summed E-state index contributed by atoms with van der Waals surface area (Å²) in [6.07, 6.45) is 5.10. The lowest BCUT2D eigenvalue weighted by Gasteiger charge is -2.37. The maximum absolute atomic E-state index is 12.8. The lowest BCUT2D eigenvalue weighted by molar-refractivity contribution is -0.127. The van der Waals surface area contributed by atoms with Gasteiger partial charge >= 0.3 is 0 Å². The van der Waals surface area contributed by atoms with Crippen LogP contribution in [0.2, 0.25) is 0 Å². The fourth-order valence-electron chi connectivity index (χ4n) is 6.01. The standard InChI is InChI=1S/C31H44N4O2/c1-6-7-8-28(31(37)32-13-16-36)35-14-11-23(12-15-35)24-9-10-27-26(19-24)29(20(2)3)30(34-27)25-17-21(4)33-22(5)18-25/h9-10,17-20,23,28,34,36H,6-8,11-16H2,1-5H3,(H,32,37). The molecule has 6 nitrogen and oxygen atoms in total. The van der Waals surface area contributed by atoms with Gasteiger partial charge in [0.2, 0.25) is 5.91 Å². The van der Waals surface area contributed by atoms with Crippen molar-refractivity contribution in [2.45, 2.75) is 84.6 Å². The lowest BCUT2D eigenvalue weighted by atomic mass is 9.86. The second-order valence-corrected chi connectivity index (χ2v) is 11.0. The molecule has 0 spiro atoms. The van der Waals surface area contributed by atoms with Crippen LogP contribution in [0.1, 0.15) is 87.2 Å². The molecule has 0 saturated carbocycles. The van der Waals surface area contributed by atoms with E-state index in [0.717, 1.165) is 56.6 Å². The van der Waals surface area contributed by atoms with Crippen molar-refractivity contribution in [3.63, 3.8) is 0 Å². The molecule has 1 aromatic carbocycles. The number of amides is 1. The summed E-state index contributed by atoms with van der Waals surface area (Å²) in [5.74, 6) is 0.952. The number of benzene rings is 1. The molecule has 4 rings (SSSR count). The highest BCUT2D eigenvalue weighted by molar-refractivity contribution is 5.92. The molecule has 1 saturated heterocycles. The molecular formula is C31H44N4O2. The first kappa shape index (κ1) is 27.3. The molecule has 0 aliphatic carbocycles. The van der Waals surface area contributed by atoms with Crippen LogP contribution in [-0.2, 0) is 4.79 Å². The quantitative estimate of drug-likeness (QED) is 0.325. The molecule has 0 radical (unpaired) electrons. The van der Waals surface area contributed by atoms with Crippen LogP contribution in [0.5, 0.6) is 0 Å². The summed E-state index contributed by atoms with van der Waals surface area (Å²) < 4.78 is 0. The Morgan fingerprint density at radius 1 is 1.16 bits per heavy atom. The van der Waals surface area contributed by atoms with Gasteiger partial charge in [-0.2, -0.15) is 0 Å². The van der Waals surface area contributed by atoms with Gasteiger partial charge in [0.1, 0.15) is 0 Å². The minimum Gasteiger partial charge on any atom is -0.395 e. The van der Waals surface area contributed by atoms with E-state index < -0.39 is 0 Å². The summed E-state index contributed by atoms with van der Waals surface area (Å²) in [6.45, 7) is 13.0. The SMILES string of the molecule is CCCCC(C(=O)NCCO)N1CCC(c2ccc3[nH]c(-c4cc(C)nc(C)c4)c(C(C)C)c3c2)CC1. The van der Waals surface area contributed by atoms with Gasteiger partial charge in [-0.05, 0) is 93.4 Å². The van der Waals surface area contributed by atoms with Crippen molar-refractivity contribution in [1.29, 1.82) is 0 Å². The number of pyridine rings is 1. The number of aliphatic hydroxyl groups is 1. The van der Waals surface area contributed by atoms with Gasteiger partial charge in [0.05, 0.1) is 18.3 Å². The Bertz CT molecular complexity index is 1190. The third-order valence-corrected chi connectivity index (χ3v) is 7.80. The van der Waals surface area contributed by atoms with E-state index in [4.69, 9.17) is 5.11 Å². The van der Waals surface area contributed by atoms with Crippen LogP contribution in [0.25, 0.3) is 22.2 Å². The molecule has 200 valence electrons. The number of carbonyl (C=O) groups is 1. The second kappa shape index (κ2) is 12.2. The highest BCUT2D eigenvalue weighted by Crippen LogP contribution is 2.38. The number of fused-ring (bicyclic) bond motifs is 1. The van der Waals surface area contributed by atoms with E-state index in [2.05, 4.69) is 85.1 Å². The van der Waals surface area contributed by atoms with Crippen LogP contribution in [0.4, 0.5) is 0 Å². The summed E-state index contributed by atoms with van der Waals surface area (Å²) in [6, 6.07) is 11.2. The molecule has 0 bridgehead atoms. The van der Waals surface area contributed by atoms with Gasteiger partial charge in [0.25, 0.3) is 0 Å². The normalized spacial score (nSPS) is 16.0. The molecule has 1 amide bonds. The largest absolute Gasteiger partial charge is 0.395 e. The van der Waals surface area contributed by atoms with Gasteiger partial charge in [-0.15, -0.1) is 0 Å². The molecule has 3 aromatic rings. The van der Waals surface area contributed by atoms with Crippen LogP contribution in [0, 0.1) is 13.8 Å². The monoisotopic (exact) mass is 504 g/mol. The summed E-state index contributed by atoms with van der Waals surface area (Å²) >= 11 is 0. The van der Waals surface area contributed by atoms with Crippen molar-refractivity contribution in [1.82, 2.24) is 20.2 Å². The third-order valence-electron chi connectivity index (χ3n) is 7.80. The Kier molecular flexibility index (Phi) is 9.04. The Balaban J connectivity index is 1.56. The fourth-order valence-corrected chi connectivity index (χ4v) is 6.01. The summed E-state index contributed by atoms with van der Waals surface area (Å²) in [5.41, 5.74) is 8.45. The molecule has 37 heavy (non-hydrogen) atoms. The number of rotatable bonds is 10. The minimum absolute atomic E-state index is 0.0175. The first-order chi connectivity index (χ1) is 17.8. The van der Waals surface area contributed by atoms with E-state index in [1.165, 1.54) is 33.3 Å². The molecular weight excluding hydrogens is 460 g/mol. The molecule has 3 heterocycles. The molecule has 6 heteroatoms. The first-order valence-corrected chi connectivity index (χ1v) is 14.1. The molecule has 3 N–H and O–H groups in total. The molecule has 1 unspecified atom stereocenters.